The van der Waals surface area contributed by atoms with Crippen LogP contribution in [0.2, 0.25) is 0 Å². The average molecular weight is 729 g/mol. The molecule has 10 radical (unpaired) electrons. The van der Waals surface area contributed by atoms with Crippen molar-refractivity contribution >= 4 is 110 Å². The molecule has 0 amide bonds. The minimum Gasteiger partial charge on any atom is -0.309 e. The van der Waals surface area contributed by atoms with Crippen LogP contribution in [0.1, 0.15) is 25.0 Å². The maximum absolute atomic E-state index is 6.70. The van der Waals surface area contributed by atoms with Crippen molar-refractivity contribution < 1.29 is 0 Å². The van der Waals surface area contributed by atoms with Gasteiger partial charge in [0.15, 0.2) is 11.6 Å². The van der Waals surface area contributed by atoms with Crippen molar-refractivity contribution in [2.24, 2.45) is 0 Å². The van der Waals surface area contributed by atoms with E-state index >= 15 is 0 Å². The van der Waals surface area contributed by atoms with E-state index in [1.54, 1.807) is 0 Å². The quantitative estimate of drug-likeness (QED) is 0.220. The molecule has 0 unspecified atom stereocenters. The summed E-state index contributed by atoms with van der Waals surface area (Å²) < 4.78 is 4.42. The Morgan fingerprint density at radius 1 is 0.431 bits per heavy atom. The predicted octanol–water partition coefficient (Wildman–Crippen LogP) is 5.68. The van der Waals surface area contributed by atoms with Crippen molar-refractivity contribution in [1.82, 2.24) is 24.1 Å². The van der Waals surface area contributed by atoms with Crippen LogP contribution in [0.3, 0.4) is 0 Å². The fraction of sp³-hybridized carbons (Fsp3) is 0.0625. The molecule has 0 saturated heterocycles. The standard InChI is InChI=1S/C48H28B5N5/c1-48(2)33-17-9-6-14-27(33)30-22-25(20-21-34(30)48)45-54-46(39-40(49)42(51)44(53)43(52)41(39)50)56-47(55-45)58-36-19-11-8-16-29(36)32-23-37-31(24-38(32)58)28-15-7-10-18-35(28)57(37)26-12-4-3-5-13-26/h3-24H,1-2H3. The highest BCUT2D eigenvalue weighted by Gasteiger charge is 2.35. The van der Waals surface area contributed by atoms with Gasteiger partial charge in [0.1, 0.15) is 39.2 Å². The summed E-state index contributed by atoms with van der Waals surface area (Å²) in [5, 5.41) is 4.32. The first kappa shape index (κ1) is 34.7. The number of benzene rings is 7. The van der Waals surface area contributed by atoms with E-state index in [0.29, 0.717) is 17.3 Å². The van der Waals surface area contributed by atoms with Crippen LogP contribution >= 0.6 is 0 Å². The molecular weight excluding hydrogens is 701 g/mol. The minimum atomic E-state index is -0.167. The third kappa shape index (κ3) is 4.81. The van der Waals surface area contributed by atoms with Gasteiger partial charge in [-0.15, -0.1) is 16.4 Å². The Hall–Kier alpha value is -6.53. The third-order valence-electron chi connectivity index (χ3n) is 12.1. The van der Waals surface area contributed by atoms with E-state index in [-0.39, 0.29) is 38.6 Å². The van der Waals surface area contributed by atoms with Crippen molar-refractivity contribution in [3.63, 3.8) is 0 Å². The molecule has 0 fully saturated rings. The van der Waals surface area contributed by atoms with Crippen molar-refractivity contribution in [3.8, 4) is 45.5 Å². The van der Waals surface area contributed by atoms with Crippen molar-refractivity contribution in [2.45, 2.75) is 19.3 Å². The maximum atomic E-state index is 6.70. The van der Waals surface area contributed by atoms with E-state index in [0.717, 1.165) is 60.4 Å². The van der Waals surface area contributed by atoms with Gasteiger partial charge in [0.2, 0.25) is 5.95 Å². The monoisotopic (exact) mass is 729 g/mol. The Balaban J connectivity index is 1.23. The van der Waals surface area contributed by atoms with E-state index in [1.807, 2.05) is 12.1 Å². The molecule has 10 aromatic rings. The van der Waals surface area contributed by atoms with E-state index < -0.39 is 0 Å². The summed E-state index contributed by atoms with van der Waals surface area (Å²) in [4.78, 5) is 15.5. The zero-order valence-electron chi connectivity index (χ0n) is 31.8. The topological polar surface area (TPSA) is 48.5 Å². The highest BCUT2D eigenvalue weighted by atomic mass is 15.2. The number of para-hydroxylation sites is 3. The number of nitrogens with zero attached hydrogens (tertiary/aromatic N) is 5. The molecule has 5 nitrogen and oxygen atoms in total. The van der Waals surface area contributed by atoms with Gasteiger partial charge < -0.3 is 4.57 Å². The fourth-order valence-corrected chi connectivity index (χ4v) is 9.16. The molecule has 10 heteroatoms. The van der Waals surface area contributed by atoms with Gasteiger partial charge in [-0.25, -0.2) is 4.98 Å². The van der Waals surface area contributed by atoms with Crippen LogP contribution in [0.15, 0.2) is 133 Å². The smallest absolute Gasteiger partial charge is 0.238 e. The lowest BCUT2D eigenvalue weighted by Gasteiger charge is -2.22. The van der Waals surface area contributed by atoms with Gasteiger partial charge in [-0.2, -0.15) is 9.97 Å². The van der Waals surface area contributed by atoms with Gasteiger partial charge in [0.05, 0.1) is 22.1 Å². The molecule has 0 N–H and O–H groups in total. The van der Waals surface area contributed by atoms with Gasteiger partial charge in [-0.1, -0.05) is 116 Å². The molecule has 1 aliphatic rings. The molecule has 3 aromatic heterocycles. The van der Waals surface area contributed by atoms with Gasteiger partial charge in [-0.05, 0) is 64.7 Å². The molecule has 7 aromatic carbocycles. The second-order valence-electron chi connectivity index (χ2n) is 15.6. The number of fused-ring (bicyclic) bond motifs is 9. The molecule has 3 heterocycles. The number of aromatic nitrogens is 5. The molecule has 0 bridgehead atoms. The summed E-state index contributed by atoms with van der Waals surface area (Å²) in [6.45, 7) is 4.52. The van der Waals surface area contributed by atoms with Crippen LogP contribution in [0, 0.1) is 0 Å². The molecule has 11 rings (SSSR count). The lowest BCUT2D eigenvalue weighted by Crippen LogP contribution is -2.55. The molecule has 1 aliphatic carbocycles. The van der Waals surface area contributed by atoms with Crippen LogP contribution in [0.4, 0.5) is 0 Å². The minimum absolute atomic E-state index is 0.120. The first-order valence-corrected chi connectivity index (χ1v) is 19.2. The Kier molecular flexibility index (Phi) is 7.47. The molecular formula is C48H28B5N5. The highest BCUT2D eigenvalue weighted by Crippen LogP contribution is 2.49. The predicted molar refractivity (Wildman–Crippen MR) is 244 cm³/mol. The lowest BCUT2D eigenvalue weighted by molar-refractivity contribution is 0.660. The van der Waals surface area contributed by atoms with E-state index in [4.69, 9.17) is 54.2 Å². The normalized spacial score (nSPS) is 13.1. The number of hydrogen-bond acceptors (Lipinski definition) is 3. The Morgan fingerprint density at radius 3 is 1.66 bits per heavy atom. The molecule has 260 valence electrons. The first-order chi connectivity index (χ1) is 28.1. The van der Waals surface area contributed by atoms with Crippen LogP contribution in [-0.4, -0.2) is 63.3 Å². The zero-order valence-corrected chi connectivity index (χ0v) is 31.8. The second-order valence-corrected chi connectivity index (χ2v) is 15.6. The van der Waals surface area contributed by atoms with Crippen molar-refractivity contribution in [1.29, 1.82) is 0 Å². The van der Waals surface area contributed by atoms with Crippen LogP contribution in [-0.2, 0) is 5.41 Å². The van der Waals surface area contributed by atoms with E-state index in [9.17, 15) is 0 Å². The molecule has 0 atom stereocenters. The summed E-state index contributed by atoms with van der Waals surface area (Å²) in [7, 11) is 32.5. The summed E-state index contributed by atoms with van der Waals surface area (Å²) in [6.07, 6.45) is 0. The summed E-state index contributed by atoms with van der Waals surface area (Å²) in [5.41, 5.74) is 11.6. The van der Waals surface area contributed by atoms with Gasteiger partial charge >= 0.3 is 0 Å². The van der Waals surface area contributed by atoms with Crippen LogP contribution < -0.4 is 27.3 Å². The second kappa shape index (κ2) is 12.5. The molecule has 0 aliphatic heterocycles. The number of rotatable bonds is 4. The fourth-order valence-electron chi connectivity index (χ4n) is 9.16. The lowest BCUT2D eigenvalue weighted by atomic mass is 9.60. The summed E-state index contributed by atoms with van der Waals surface area (Å²) in [5.74, 6) is 1.04. The Morgan fingerprint density at radius 2 is 0.966 bits per heavy atom. The van der Waals surface area contributed by atoms with E-state index in [1.165, 1.54) is 16.7 Å². The number of hydrogen-bond donors (Lipinski definition) is 0. The Bertz CT molecular complexity index is 3360. The maximum Gasteiger partial charge on any atom is 0.238 e. The highest BCUT2D eigenvalue weighted by molar-refractivity contribution is 6.68. The molecule has 58 heavy (non-hydrogen) atoms. The Labute approximate surface area is 342 Å². The van der Waals surface area contributed by atoms with Crippen LogP contribution in [0.25, 0.3) is 89.2 Å². The zero-order chi connectivity index (χ0) is 39.6. The molecule has 0 spiro atoms. The van der Waals surface area contributed by atoms with E-state index in [2.05, 4.69) is 144 Å². The SMILES string of the molecule is [B]c1c([B])c([B])c(-c2nc(-c3ccc4c(c3)-c3ccccc3C4(C)C)nc(-n3c4ccccc4c4cc5c(cc43)c3ccccc3n5-c3ccccc3)n2)c([B])c1[B]. The van der Waals surface area contributed by atoms with Crippen LogP contribution in [0.5, 0.6) is 0 Å². The van der Waals surface area contributed by atoms with Gasteiger partial charge in [-0.3, -0.25) is 4.57 Å². The summed E-state index contributed by atoms with van der Waals surface area (Å²) in [6, 6.07) is 46.7. The average Bonchev–Trinajstić information content (AvgIpc) is 3.84. The van der Waals surface area contributed by atoms with Crippen molar-refractivity contribution in [3.05, 3.63) is 145 Å². The van der Waals surface area contributed by atoms with Crippen molar-refractivity contribution in [2.75, 3.05) is 0 Å². The van der Waals surface area contributed by atoms with Gasteiger partial charge in [0.25, 0.3) is 0 Å². The molecule has 0 saturated carbocycles. The first-order valence-electron chi connectivity index (χ1n) is 19.2. The largest absolute Gasteiger partial charge is 0.309 e. The third-order valence-corrected chi connectivity index (χ3v) is 12.1. The van der Waals surface area contributed by atoms with Gasteiger partial charge in [0, 0.05) is 43.8 Å². The summed E-state index contributed by atoms with van der Waals surface area (Å²) >= 11 is 0.